The summed E-state index contributed by atoms with van der Waals surface area (Å²) in [4.78, 5) is 43.8. The van der Waals surface area contributed by atoms with Crippen molar-refractivity contribution in [2.75, 3.05) is 13.2 Å². The molecule has 0 saturated carbocycles. The summed E-state index contributed by atoms with van der Waals surface area (Å²) in [6, 6.07) is 22.5. The SMILES string of the molecule is CC(C)CC(=Nc1ccc(COC(=O)[C@@H](CCCN)NC(=O)OCC2c3ccccc3-c3ccccc32)cc1)C1=C(O)CC(C)(C)CC1=O. The summed E-state index contributed by atoms with van der Waals surface area (Å²) in [5.41, 5.74) is 12.2. The summed E-state index contributed by atoms with van der Waals surface area (Å²) in [6.45, 7) is 8.52. The summed E-state index contributed by atoms with van der Waals surface area (Å²) in [5, 5.41) is 13.5. The maximum Gasteiger partial charge on any atom is 0.407 e. The number of amides is 1. The Morgan fingerprint density at radius 2 is 1.59 bits per heavy atom. The van der Waals surface area contributed by atoms with E-state index in [1.807, 2.05) is 64.1 Å². The molecule has 5 rings (SSSR count). The summed E-state index contributed by atoms with van der Waals surface area (Å²) < 4.78 is 11.3. The standard InChI is InChI=1S/C40H47N3O6/c1-25(2)20-34(37-35(44)21-40(3,4)22-36(37)45)42-27-17-15-26(16-18-27)23-48-38(46)33(14-9-19-41)43-39(47)49-24-32-30-12-7-5-10-28(30)29-11-6-8-13-31(29)32/h5-8,10-13,15-18,25,32-33,44H,9,14,19-24,41H2,1-4H3,(H,43,47)/t33-/m1/s1. The number of ether oxygens (including phenoxy) is 2. The number of aliphatic hydroxyl groups excluding tert-OH is 1. The molecule has 0 aliphatic heterocycles. The van der Waals surface area contributed by atoms with Crippen LogP contribution in [0, 0.1) is 11.3 Å². The van der Waals surface area contributed by atoms with Crippen LogP contribution in [-0.4, -0.2) is 47.9 Å². The highest BCUT2D eigenvalue weighted by atomic mass is 16.6. The molecule has 0 saturated heterocycles. The van der Waals surface area contributed by atoms with Crippen molar-refractivity contribution in [2.24, 2.45) is 22.1 Å². The smallest absolute Gasteiger partial charge is 0.407 e. The lowest BCUT2D eigenvalue weighted by atomic mass is 9.75. The Morgan fingerprint density at radius 3 is 2.18 bits per heavy atom. The average molecular weight is 666 g/mol. The Balaban J connectivity index is 1.20. The van der Waals surface area contributed by atoms with Crippen LogP contribution in [0.15, 0.2) is 89.1 Å². The van der Waals surface area contributed by atoms with Crippen LogP contribution in [0.25, 0.3) is 11.1 Å². The largest absolute Gasteiger partial charge is 0.511 e. The highest BCUT2D eigenvalue weighted by Gasteiger charge is 2.35. The molecule has 1 amide bonds. The third-order valence-corrected chi connectivity index (χ3v) is 8.94. The van der Waals surface area contributed by atoms with Gasteiger partial charge in [-0.2, -0.15) is 0 Å². The van der Waals surface area contributed by atoms with Gasteiger partial charge in [-0.1, -0.05) is 88.4 Å². The van der Waals surface area contributed by atoms with Crippen LogP contribution in [0.1, 0.15) is 82.4 Å². The van der Waals surface area contributed by atoms with Gasteiger partial charge >= 0.3 is 12.1 Å². The van der Waals surface area contributed by atoms with Crippen molar-refractivity contribution in [3.63, 3.8) is 0 Å². The first-order chi connectivity index (χ1) is 23.5. The van der Waals surface area contributed by atoms with Crippen LogP contribution in [0.5, 0.6) is 0 Å². The van der Waals surface area contributed by atoms with E-state index in [1.54, 1.807) is 24.3 Å². The fourth-order valence-electron chi connectivity index (χ4n) is 6.64. The maximum atomic E-state index is 13.1. The molecule has 0 unspecified atom stereocenters. The van der Waals surface area contributed by atoms with E-state index in [2.05, 4.69) is 17.4 Å². The fraction of sp³-hybridized carbons (Fsp3) is 0.400. The molecule has 9 heteroatoms. The Labute approximate surface area is 288 Å². The van der Waals surface area contributed by atoms with E-state index in [-0.39, 0.29) is 42.0 Å². The van der Waals surface area contributed by atoms with Crippen LogP contribution in [0.2, 0.25) is 0 Å². The van der Waals surface area contributed by atoms with Gasteiger partial charge in [0.25, 0.3) is 0 Å². The van der Waals surface area contributed by atoms with Crippen LogP contribution in [0.4, 0.5) is 10.5 Å². The third kappa shape index (κ3) is 8.83. The molecule has 3 aromatic carbocycles. The van der Waals surface area contributed by atoms with E-state index in [0.29, 0.717) is 55.6 Å². The zero-order chi connectivity index (χ0) is 35.1. The first-order valence-electron chi connectivity index (χ1n) is 17.1. The molecule has 0 heterocycles. The number of ketones is 1. The lowest BCUT2D eigenvalue weighted by Gasteiger charge is -2.30. The number of allylic oxidation sites excluding steroid dienone is 2. The van der Waals surface area contributed by atoms with Crippen LogP contribution < -0.4 is 11.1 Å². The Hall–Kier alpha value is -4.76. The molecular formula is C40H47N3O6. The van der Waals surface area contributed by atoms with Crippen molar-refractivity contribution < 1.29 is 29.0 Å². The minimum Gasteiger partial charge on any atom is -0.511 e. The first-order valence-corrected chi connectivity index (χ1v) is 17.1. The Morgan fingerprint density at radius 1 is 0.959 bits per heavy atom. The number of Topliss-reactive ketones (excluding diaryl/α,β-unsaturated/α-hetero) is 1. The number of esters is 1. The predicted octanol–water partition coefficient (Wildman–Crippen LogP) is 7.70. The van der Waals surface area contributed by atoms with Gasteiger partial charge in [-0.15, -0.1) is 0 Å². The lowest BCUT2D eigenvalue weighted by Crippen LogP contribution is -2.42. The number of aliphatic imine (C=N–C) groups is 1. The topological polar surface area (TPSA) is 140 Å². The van der Waals surface area contributed by atoms with Crippen molar-refractivity contribution in [3.8, 4) is 11.1 Å². The van der Waals surface area contributed by atoms with Crippen LogP contribution >= 0.6 is 0 Å². The van der Waals surface area contributed by atoms with Crippen molar-refractivity contribution >= 4 is 29.2 Å². The highest BCUT2D eigenvalue weighted by molar-refractivity contribution is 6.23. The van der Waals surface area contributed by atoms with Gasteiger partial charge in [0.2, 0.25) is 0 Å². The lowest BCUT2D eigenvalue weighted by molar-refractivity contribution is -0.147. The minimum atomic E-state index is -0.916. The van der Waals surface area contributed by atoms with Gasteiger partial charge in [0.15, 0.2) is 5.78 Å². The molecule has 2 aliphatic carbocycles. The molecule has 0 spiro atoms. The summed E-state index contributed by atoms with van der Waals surface area (Å²) in [5.74, 6) is -0.439. The van der Waals surface area contributed by atoms with Gasteiger partial charge in [0, 0.05) is 18.8 Å². The fourth-order valence-corrected chi connectivity index (χ4v) is 6.64. The van der Waals surface area contributed by atoms with Crippen LogP contribution in [0.3, 0.4) is 0 Å². The number of nitrogens with one attached hydrogen (secondary N) is 1. The molecule has 0 aromatic heterocycles. The summed E-state index contributed by atoms with van der Waals surface area (Å²) in [6.07, 6.45) is 1.46. The van der Waals surface area contributed by atoms with E-state index in [9.17, 15) is 19.5 Å². The van der Waals surface area contributed by atoms with Crippen molar-refractivity contribution in [3.05, 3.63) is 101 Å². The highest BCUT2D eigenvalue weighted by Crippen LogP contribution is 2.44. The monoisotopic (exact) mass is 665 g/mol. The van der Waals surface area contributed by atoms with E-state index >= 15 is 0 Å². The number of rotatable bonds is 13. The van der Waals surface area contributed by atoms with Gasteiger partial charge in [0.05, 0.1) is 17.0 Å². The quantitative estimate of drug-likeness (QED) is 0.126. The normalized spacial score (nSPS) is 16.3. The number of carbonyl (C=O) groups is 3. The second-order valence-electron chi connectivity index (χ2n) is 14.1. The van der Waals surface area contributed by atoms with Crippen molar-refractivity contribution in [1.29, 1.82) is 0 Å². The average Bonchev–Trinajstić information content (AvgIpc) is 3.37. The number of nitrogens with zero attached hydrogens (tertiary/aromatic N) is 1. The number of benzene rings is 3. The predicted molar refractivity (Wildman–Crippen MR) is 191 cm³/mol. The molecule has 3 aromatic rings. The molecule has 0 radical (unpaired) electrons. The second kappa shape index (κ2) is 15.6. The third-order valence-electron chi connectivity index (χ3n) is 8.94. The van der Waals surface area contributed by atoms with E-state index < -0.39 is 18.1 Å². The van der Waals surface area contributed by atoms with Gasteiger partial charge in [-0.3, -0.25) is 9.79 Å². The van der Waals surface area contributed by atoms with Gasteiger partial charge < -0.3 is 25.6 Å². The van der Waals surface area contributed by atoms with E-state index in [0.717, 1.165) is 27.8 Å². The molecular weight excluding hydrogens is 618 g/mol. The first kappa shape index (κ1) is 35.5. The number of hydrogen-bond acceptors (Lipinski definition) is 8. The number of alkyl carbamates (subject to hydrolysis) is 1. The van der Waals surface area contributed by atoms with E-state index in [1.165, 1.54) is 0 Å². The summed E-state index contributed by atoms with van der Waals surface area (Å²) >= 11 is 0. The molecule has 4 N–H and O–H groups in total. The molecule has 258 valence electrons. The van der Waals surface area contributed by atoms with Gasteiger partial charge in [0.1, 0.15) is 25.0 Å². The van der Waals surface area contributed by atoms with Gasteiger partial charge in [-0.25, -0.2) is 9.59 Å². The second-order valence-corrected chi connectivity index (χ2v) is 14.1. The number of fused-ring (bicyclic) bond motifs is 3. The molecule has 49 heavy (non-hydrogen) atoms. The van der Waals surface area contributed by atoms with Gasteiger partial charge in [-0.05, 0) is 77.1 Å². The molecule has 0 bridgehead atoms. The zero-order valence-corrected chi connectivity index (χ0v) is 28.8. The Kier molecular flexibility index (Phi) is 11.3. The molecule has 9 nitrogen and oxygen atoms in total. The van der Waals surface area contributed by atoms with Crippen LogP contribution in [-0.2, 0) is 25.7 Å². The van der Waals surface area contributed by atoms with Crippen molar-refractivity contribution in [1.82, 2.24) is 5.32 Å². The maximum absolute atomic E-state index is 13.1. The number of nitrogens with two attached hydrogens (primary N) is 1. The molecule has 1 atom stereocenters. The molecule has 0 fully saturated rings. The molecule has 2 aliphatic rings. The number of hydrogen-bond donors (Lipinski definition) is 3. The summed E-state index contributed by atoms with van der Waals surface area (Å²) in [7, 11) is 0. The van der Waals surface area contributed by atoms with Crippen molar-refractivity contribution in [2.45, 2.75) is 78.4 Å². The van der Waals surface area contributed by atoms with E-state index in [4.69, 9.17) is 20.2 Å². The Bertz CT molecular complexity index is 1700. The zero-order valence-electron chi connectivity index (χ0n) is 28.8. The number of aliphatic hydroxyl groups is 1. The number of carbonyl (C=O) groups excluding carboxylic acids is 3. The minimum absolute atomic E-state index is 0.00726.